The smallest absolute Gasteiger partial charge is 0.325 e. The SMILES string of the molecule is NC(C(=O)O)c1ccc(O)c2ncccc12. The minimum Gasteiger partial charge on any atom is -0.506 e. The topological polar surface area (TPSA) is 96.4 Å². The number of aliphatic carboxylic acids is 1. The van der Waals surface area contributed by atoms with Gasteiger partial charge in [-0.25, -0.2) is 0 Å². The van der Waals surface area contributed by atoms with Gasteiger partial charge in [0.15, 0.2) is 0 Å². The van der Waals surface area contributed by atoms with Crippen LogP contribution in [-0.4, -0.2) is 21.2 Å². The molecule has 82 valence electrons. The van der Waals surface area contributed by atoms with Crippen molar-refractivity contribution in [3.63, 3.8) is 0 Å². The molecule has 0 aliphatic carbocycles. The predicted molar refractivity (Wildman–Crippen MR) is 58.0 cm³/mol. The first-order valence-electron chi connectivity index (χ1n) is 4.66. The van der Waals surface area contributed by atoms with Crippen molar-refractivity contribution in [1.29, 1.82) is 0 Å². The summed E-state index contributed by atoms with van der Waals surface area (Å²) in [5.41, 5.74) is 6.34. The van der Waals surface area contributed by atoms with E-state index in [0.29, 0.717) is 16.5 Å². The van der Waals surface area contributed by atoms with Crippen LogP contribution in [-0.2, 0) is 4.79 Å². The maximum absolute atomic E-state index is 10.8. The summed E-state index contributed by atoms with van der Waals surface area (Å²) >= 11 is 0. The van der Waals surface area contributed by atoms with Crippen molar-refractivity contribution in [3.05, 3.63) is 36.0 Å². The maximum Gasteiger partial charge on any atom is 0.325 e. The number of aromatic nitrogens is 1. The molecule has 0 radical (unpaired) electrons. The van der Waals surface area contributed by atoms with Crippen LogP contribution in [0.15, 0.2) is 30.5 Å². The summed E-state index contributed by atoms with van der Waals surface area (Å²) in [6.45, 7) is 0. The van der Waals surface area contributed by atoms with Crippen LogP contribution in [0.3, 0.4) is 0 Å². The van der Waals surface area contributed by atoms with Crippen LogP contribution in [0.5, 0.6) is 5.75 Å². The second-order valence-corrected chi connectivity index (χ2v) is 3.39. The molecule has 0 bridgehead atoms. The van der Waals surface area contributed by atoms with Crippen molar-refractivity contribution < 1.29 is 15.0 Å². The van der Waals surface area contributed by atoms with Crippen molar-refractivity contribution in [2.45, 2.75) is 6.04 Å². The fourth-order valence-corrected chi connectivity index (χ4v) is 1.58. The molecule has 5 nitrogen and oxygen atoms in total. The highest BCUT2D eigenvalue weighted by atomic mass is 16.4. The van der Waals surface area contributed by atoms with E-state index in [0.717, 1.165) is 0 Å². The number of carboxylic acids is 1. The number of rotatable bonds is 2. The molecule has 5 heteroatoms. The van der Waals surface area contributed by atoms with Gasteiger partial charge in [0.1, 0.15) is 17.3 Å². The predicted octanol–water partition coefficient (Wildman–Crippen LogP) is 1.02. The van der Waals surface area contributed by atoms with Gasteiger partial charge in [-0.1, -0.05) is 12.1 Å². The Morgan fingerprint density at radius 2 is 2.12 bits per heavy atom. The Morgan fingerprint density at radius 3 is 2.81 bits per heavy atom. The second kappa shape index (κ2) is 3.79. The highest BCUT2D eigenvalue weighted by Gasteiger charge is 2.18. The summed E-state index contributed by atoms with van der Waals surface area (Å²) in [7, 11) is 0. The second-order valence-electron chi connectivity index (χ2n) is 3.39. The molecule has 1 aromatic carbocycles. The molecule has 0 saturated heterocycles. The van der Waals surface area contributed by atoms with Crippen molar-refractivity contribution in [2.75, 3.05) is 0 Å². The molecule has 2 rings (SSSR count). The number of phenols is 1. The van der Waals surface area contributed by atoms with Crippen molar-refractivity contribution in [3.8, 4) is 5.75 Å². The van der Waals surface area contributed by atoms with Gasteiger partial charge in [0.05, 0.1) is 0 Å². The van der Waals surface area contributed by atoms with Gasteiger partial charge in [0.2, 0.25) is 0 Å². The van der Waals surface area contributed by atoms with E-state index in [2.05, 4.69) is 4.98 Å². The molecule has 16 heavy (non-hydrogen) atoms. The zero-order chi connectivity index (χ0) is 11.7. The van der Waals surface area contributed by atoms with Gasteiger partial charge in [-0.15, -0.1) is 0 Å². The number of nitrogens with zero attached hydrogens (tertiary/aromatic N) is 1. The molecule has 1 atom stereocenters. The normalized spacial score (nSPS) is 12.6. The highest BCUT2D eigenvalue weighted by Crippen LogP contribution is 2.28. The third kappa shape index (κ3) is 1.57. The maximum atomic E-state index is 10.8. The number of carbonyl (C=O) groups is 1. The molecule has 1 unspecified atom stereocenters. The molecule has 1 heterocycles. The number of hydrogen-bond donors (Lipinski definition) is 3. The van der Waals surface area contributed by atoms with E-state index in [1.807, 2.05) is 0 Å². The molecule has 0 spiro atoms. The van der Waals surface area contributed by atoms with E-state index in [1.54, 1.807) is 12.1 Å². The highest BCUT2D eigenvalue weighted by molar-refractivity contribution is 5.91. The fourth-order valence-electron chi connectivity index (χ4n) is 1.58. The lowest BCUT2D eigenvalue weighted by molar-refractivity contribution is -0.138. The lowest BCUT2D eigenvalue weighted by atomic mass is 10.0. The van der Waals surface area contributed by atoms with E-state index < -0.39 is 12.0 Å². The Kier molecular flexibility index (Phi) is 2.46. The minimum absolute atomic E-state index is 0.0111. The monoisotopic (exact) mass is 218 g/mol. The van der Waals surface area contributed by atoms with Crippen molar-refractivity contribution in [1.82, 2.24) is 4.98 Å². The van der Waals surface area contributed by atoms with Gasteiger partial charge < -0.3 is 15.9 Å². The molecular formula is C11H10N2O3. The lowest BCUT2D eigenvalue weighted by Crippen LogP contribution is -2.20. The summed E-state index contributed by atoms with van der Waals surface area (Å²) in [5, 5.41) is 19.0. The Bertz CT molecular complexity index is 554. The summed E-state index contributed by atoms with van der Waals surface area (Å²) < 4.78 is 0. The number of pyridine rings is 1. The van der Waals surface area contributed by atoms with E-state index in [4.69, 9.17) is 10.8 Å². The summed E-state index contributed by atoms with van der Waals surface area (Å²) in [4.78, 5) is 14.8. The Hall–Kier alpha value is -2.14. The molecular weight excluding hydrogens is 208 g/mol. The molecule has 0 aliphatic heterocycles. The van der Waals surface area contributed by atoms with E-state index >= 15 is 0 Å². The van der Waals surface area contributed by atoms with Crippen LogP contribution < -0.4 is 5.73 Å². The Labute approximate surface area is 91.2 Å². The number of carboxylic acid groups (broad SMARTS) is 1. The van der Waals surface area contributed by atoms with E-state index in [-0.39, 0.29) is 5.75 Å². The number of fused-ring (bicyclic) bond motifs is 1. The van der Waals surface area contributed by atoms with Crippen LogP contribution in [0.25, 0.3) is 10.9 Å². The minimum atomic E-state index is -1.12. The van der Waals surface area contributed by atoms with Gasteiger partial charge in [0, 0.05) is 11.6 Å². The first-order chi connectivity index (χ1) is 7.61. The molecule has 0 aliphatic rings. The summed E-state index contributed by atoms with van der Waals surface area (Å²) in [5.74, 6) is -1.10. The third-order valence-corrected chi connectivity index (χ3v) is 2.38. The molecule has 0 amide bonds. The van der Waals surface area contributed by atoms with E-state index in [9.17, 15) is 9.90 Å². The van der Waals surface area contributed by atoms with Gasteiger partial charge in [-0.05, 0) is 17.7 Å². The van der Waals surface area contributed by atoms with Crippen LogP contribution in [0.4, 0.5) is 0 Å². The molecule has 0 saturated carbocycles. The first kappa shape index (κ1) is 10.4. The van der Waals surface area contributed by atoms with Crippen LogP contribution in [0, 0.1) is 0 Å². The van der Waals surface area contributed by atoms with Gasteiger partial charge in [0.25, 0.3) is 0 Å². The van der Waals surface area contributed by atoms with Crippen LogP contribution in [0.1, 0.15) is 11.6 Å². The number of aromatic hydroxyl groups is 1. The third-order valence-electron chi connectivity index (χ3n) is 2.38. The Balaban J connectivity index is 2.72. The molecule has 2 aromatic rings. The van der Waals surface area contributed by atoms with Gasteiger partial charge in [-0.2, -0.15) is 0 Å². The largest absolute Gasteiger partial charge is 0.506 e. The first-order valence-corrected chi connectivity index (χ1v) is 4.66. The zero-order valence-electron chi connectivity index (χ0n) is 8.29. The van der Waals surface area contributed by atoms with Crippen LogP contribution >= 0.6 is 0 Å². The fraction of sp³-hybridized carbons (Fsp3) is 0.0909. The van der Waals surface area contributed by atoms with Gasteiger partial charge >= 0.3 is 5.97 Å². The molecule has 1 aromatic heterocycles. The standard InChI is InChI=1S/C11H10N2O3/c12-9(11(15)16)6-3-4-8(14)10-7(6)2-1-5-13-10/h1-5,9,14H,12H2,(H,15,16). The average Bonchev–Trinajstić information content (AvgIpc) is 2.29. The van der Waals surface area contributed by atoms with Gasteiger partial charge in [-0.3, -0.25) is 9.78 Å². The average molecular weight is 218 g/mol. The summed E-state index contributed by atoms with van der Waals surface area (Å²) in [6.07, 6.45) is 1.53. The van der Waals surface area contributed by atoms with Crippen LogP contribution in [0.2, 0.25) is 0 Å². The number of nitrogens with two attached hydrogens (primary N) is 1. The molecule has 4 N–H and O–H groups in total. The van der Waals surface area contributed by atoms with Crippen molar-refractivity contribution >= 4 is 16.9 Å². The number of hydrogen-bond acceptors (Lipinski definition) is 4. The quantitative estimate of drug-likeness (QED) is 0.699. The lowest BCUT2D eigenvalue weighted by Gasteiger charge is -2.10. The Morgan fingerprint density at radius 1 is 1.38 bits per heavy atom. The number of benzene rings is 1. The summed E-state index contributed by atoms with van der Waals surface area (Å²) in [6, 6.07) is 5.12. The molecule has 0 fully saturated rings. The number of phenolic OH excluding ortho intramolecular Hbond substituents is 1. The van der Waals surface area contributed by atoms with E-state index in [1.165, 1.54) is 18.3 Å². The zero-order valence-corrected chi connectivity index (χ0v) is 8.29. The van der Waals surface area contributed by atoms with Crippen molar-refractivity contribution in [2.24, 2.45) is 5.73 Å².